The summed E-state index contributed by atoms with van der Waals surface area (Å²) < 4.78 is 10.8. The van der Waals surface area contributed by atoms with E-state index in [2.05, 4.69) is 0 Å². The molecule has 0 saturated heterocycles. The molecule has 0 N–H and O–H groups in total. The molecule has 0 unspecified atom stereocenters. The van der Waals surface area contributed by atoms with Gasteiger partial charge in [0.2, 0.25) is 0 Å². The van der Waals surface area contributed by atoms with Gasteiger partial charge in [-0.25, -0.2) is 4.79 Å². The topological polar surface area (TPSA) is 52.6 Å². The van der Waals surface area contributed by atoms with E-state index in [1.54, 1.807) is 42.5 Å². The average molecular weight is 386 g/mol. The minimum Gasteiger partial charge on any atom is -0.494 e. The first-order chi connectivity index (χ1) is 14.1. The Kier molecular flexibility index (Phi) is 6.59. The van der Waals surface area contributed by atoms with Crippen molar-refractivity contribution >= 4 is 17.8 Å². The molecule has 0 aliphatic carbocycles. The minimum atomic E-state index is -0.419. The number of carbonyl (C=O) groups is 2. The van der Waals surface area contributed by atoms with E-state index in [-0.39, 0.29) is 5.78 Å². The van der Waals surface area contributed by atoms with Crippen molar-refractivity contribution in [3.05, 3.63) is 101 Å². The zero-order valence-corrected chi connectivity index (χ0v) is 16.4. The molecule has 0 aromatic heterocycles. The van der Waals surface area contributed by atoms with E-state index in [1.807, 2.05) is 50.2 Å². The molecule has 0 heterocycles. The van der Waals surface area contributed by atoms with Gasteiger partial charge in [0.15, 0.2) is 5.78 Å². The van der Waals surface area contributed by atoms with Crippen molar-refractivity contribution in [2.75, 3.05) is 6.61 Å². The molecule has 3 rings (SSSR count). The van der Waals surface area contributed by atoms with E-state index < -0.39 is 5.97 Å². The molecule has 3 aromatic rings. The van der Waals surface area contributed by atoms with Crippen molar-refractivity contribution in [1.29, 1.82) is 0 Å². The maximum Gasteiger partial charge on any atom is 0.343 e. The van der Waals surface area contributed by atoms with Crippen molar-refractivity contribution in [3.8, 4) is 11.5 Å². The lowest BCUT2D eigenvalue weighted by atomic mass is 10.1. The van der Waals surface area contributed by atoms with Gasteiger partial charge in [0.05, 0.1) is 12.2 Å². The van der Waals surface area contributed by atoms with Gasteiger partial charge >= 0.3 is 5.97 Å². The van der Waals surface area contributed by atoms with Crippen molar-refractivity contribution < 1.29 is 19.1 Å². The van der Waals surface area contributed by atoms with Gasteiger partial charge in [-0.3, -0.25) is 4.79 Å². The van der Waals surface area contributed by atoms with Crippen molar-refractivity contribution in [2.24, 2.45) is 0 Å². The van der Waals surface area contributed by atoms with Crippen LogP contribution >= 0.6 is 0 Å². The Bertz CT molecular complexity index is 1020. The maximum atomic E-state index is 12.4. The molecular formula is C25H22O4. The minimum absolute atomic E-state index is 0.129. The standard InChI is InChI=1S/C25H22O4/c1-3-28-21-13-8-19(9-14-21)10-17-24(26)20-11-15-22(16-12-20)29-25(27)23-7-5-4-6-18(23)2/h4-17H,3H2,1-2H3/b17-10+. The molecule has 0 fully saturated rings. The fraction of sp³-hybridized carbons (Fsp3) is 0.120. The Morgan fingerprint density at radius 3 is 2.17 bits per heavy atom. The Balaban J connectivity index is 1.62. The van der Waals surface area contributed by atoms with Gasteiger partial charge in [-0.2, -0.15) is 0 Å². The Hall–Kier alpha value is -3.66. The summed E-state index contributed by atoms with van der Waals surface area (Å²) in [5.41, 5.74) is 2.79. The quantitative estimate of drug-likeness (QED) is 0.233. The largest absolute Gasteiger partial charge is 0.494 e. The highest BCUT2D eigenvalue weighted by molar-refractivity contribution is 6.06. The van der Waals surface area contributed by atoms with Crippen LogP contribution in [-0.2, 0) is 0 Å². The van der Waals surface area contributed by atoms with Crippen LogP contribution in [0.5, 0.6) is 11.5 Å². The van der Waals surface area contributed by atoms with Crippen LogP contribution in [0.15, 0.2) is 78.9 Å². The van der Waals surface area contributed by atoms with E-state index in [1.165, 1.54) is 6.08 Å². The third kappa shape index (κ3) is 5.42. The molecule has 0 bridgehead atoms. The monoisotopic (exact) mass is 386 g/mol. The second-order valence-electron chi connectivity index (χ2n) is 6.43. The molecule has 29 heavy (non-hydrogen) atoms. The first kappa shape index (κ1) is 20.1. The SMILES string of the molecule is CCOc1ccc(/C=C/C(=O)c2ccc(OC(=O)c3ccccc3C)cc2)cc1. The fourth-order valence-corrected chi connectivity index (χ4v) is 2.76. The van der Waals surface area contributed by atoms with Crippen molar-refractivity contribution in [2.45, 2.75) is 13.8 Å². The number of benzene rings is 3. The predicted octanol–water partition coefficient (Wildman–Crippen LogP) is 5.51. The van der Waals surface area contributed by atoms with Gasteiger partial charge in [-0.05, 0) is 73.5 Å². The molecule has 0 radical (unpaired) electrons. The van der Waals surface area contributed by atoms with Crippen LogP contribution in [0.2, 0.25) is 0 Å². The lowest BCUT2D eigenvalue weighted by molar-refractivity contribution is 0.0734. The predicted molar refractivity (Wildman–Crippen MR) is 114 cm³/mol. The molecule has 0 atom stereocenters. The summed E-state index contributed by atoms with van der Waals surface area (Å²) in [5.74, 6) is 0.644. The lowest BCUT2D eigenvalue weighted by Gasteiger charge is -2.07. The average Bonchev–Trinajstić information content (AvgIpc) is 2.74. The van der Waals surface area contributed by atoms with Crippen molar-refractivity contribution in [1.82, 2.24) is 0 Å². The zero-order valence-electron chi connectivity index (χ0n) is 16.4. The highest BCUT2D eigenvalue weighted by Crippen LogP contribution is 2.17. The molecule has 146 valence electrons. The second kappa shape index (κ2) is 9.51. The summed E-state index contributed by atoms with van der Waals surface area (Å²) in [7, 11) is 0. The molecule has 0 saturated carbocycles. The smallest absolute Gasteiger partial charge is 0.343 e. The Morgan fingerprint density at radius 1 is 0.862 bits per heavy atom. The summed E-state index contributed by atoms with van der Waals surface area (Å²) in [6, 6.07) is 21.3. The molecule has 4 nitrogen and oxygen atoms in total. The first-order valence-corrected chi connectivity index (χ1v) is 9.40. The number of hydrogen-bond acceptors (Lipinski definition) is 4. The third-order valence-corrected chi connectivity index (χ3v) is 4.33. The number of esters is 1. The van der Waals surface area contributed by atoms with E-state index in [0.29, 0.717) is 23.5 Å². The van der Waals surface area contributed by atoms with E-state index in [4.69, 9.17) is 9.47 Å². The fourth-order valence-electron chi connectivity index (χ4n) is 2.76. The molecule has 0 amide bonds. The van der Waals surface area contributed by atoms with Crippen LogP contribution in [0, 0.1) is 6.92 Å². The summed E-state index contributed by atoms with van der Waals surface area (Å²) in [6.45, 7) is 4.40. The summed E-state index contributed by atoms with van der Waals surface area (Å²) >= 11 is 0. The van der Waals surface area contributed by atoms with Gasteiger partial charge in [0, 0.05) is 5.56 Å². The highest BCUT2D eigenvalue weighted by Gasteiger charge is 2.11. The lowest BCUT2D eigenvalue weighted by Crippen LogP contribution is -2.10. The first-order valence-electron chi connectivity index (χ1n) is 9.40. The number of carbonyl (C=O) groups excluding carboxylic acids is 2. The van der Waals surface area contributed by atoms with Gasteiger partial charge in [-0.15, -0.1) is 0 Å². The number of aryl methyl sites for hydroxylation is 1. The molecule has 4 heteroatoms. The van der Waals surface area contributed by atoms with E-state index in [0.717, 1.165) is 16.9 Å². The molecular weight excluding hydrogens is 364 g/mol. The van der Waals surface area contributed by atoms with Crippen LogP contribution in [0.25, 0.3) is 6.08 Å². The van der Waals surface area contributed by atoms with Crippen LogP contribution in [0.3, 0.4) is 0 Å². The number of rotatable bonds is 7. The second-order valence-corrected chi connectivity index (χ2v) is 6.43. The van der Waals surface area contributed by atoms with Crippen LogP contribution in [-0.4, -0.2) is 18.4 Å². The molecule has 0 spiro atoms. The number of ether oxygens (including phenoxy) is 2. The normalized spacial score (nSPS) is 10.7. The highest BCUT2D eigenvalue weighted by atomic mass is 16.5. The van der Waals surface area contributed by atoms with Gasteiger partial charge in [-0.1, -0.05) is 36.4 Å². The van der Waals surface area contributed by atoms with E-state index >= 15 is 0 Å². The zero-order chi connectivity index (χ0) is 20.6. The van der Waals surface area contributed by atoms with Gasteiger partial charge in [0.25, 0.3) is 0 Å². The Labute approximate surface area is 170 Å². The van der Waals surface area contributed by atoms with Crippen molar-refractivity contribution in [3.63, 3.8) is 0 Å². The summed E-state index contributed by atoms with van der Waals surface area (Å²) in [4.78, 5) is 24.6. The van der Waals surface area contributed by atoms with Crippen LogP contribution in [0.1, 0.15) is 38.8 Å². The Morgan fingerprint density at radius 2 is 1.52 bits per heavy atom. The summed E-state index contributed by atoms with van der Waals surface area (Å²) in [6.07, 6.45) is 3.27. The van der Waals surface area contributed by atoms with Gasteiger partial charge in [0.1, 0.15) is 11.5 Å². The molecule has 0 aliphatic heterocycles. The molecule has 0 aliphatic rings. The third-order valence-electron chi connectivity index (χ3n) is 4.33. The number of allylic oxidation sites excluding steroid dienone is 1. The number of hydrogen-bond donors (Lipinski definition) is 0. The number of ketones is 1. The maximum absolute atomic E-state index is 12.4. The van der Waals surface area contributed by atoms with Crippen LogP contribution in [0.4, 0.5) is 0 Å². The van der Waals surface area contributed by atoms with E-state index in [9.17, 15) is 9.59 Å². The summed E-state index contributed by atoms with van der Waals surface area (Å²) in [5, 5.41) is 0. The van der Waals surface area contributed by atoms with Gasteiger partial charge < -0.3 is 9.47 Å². The molecule has 3 aromatic carbocycles. The van der Waals surface area contributed by atoms with Crippen LogP contribution < -0.4 is 9.47 Å².